The molecule has 0 radical (unpaired) electrons. The van der Waals surface area contributed by atoms with Gasteiger partial charge in [-0.3, -0.25) is 0 Å². The van der Waals surface area contributed by atoms with Crippen molar-refractivity contribution in [2.24, 2.45) is 0 Å². The van der Waals surface area contributed by atoms with Gasteiger partial charge in [-0.05, 0) is 55.3 Å². The monoisotopic (exact) mass is 457 g/mol. The van der Waals surface area contributed by atoms with Gasteiger partial charge in [0.2, 0.25) is 15.9 Å². The molecule has 0 aliphatic heterocycles. The van der Waals surface area contributed by atoms with E-state index in [1.807, 2.05) is 38.1 Å². The Hall–Kier alpha value is -3.01. The minimum absolute atomic E-state index is 0.0919. The maximum absolute atomic E-state index is 12.5. The molecule has 0 bridgehead atoms. The van der Waals surface area contributed by atoms with E-state index in [0.717, 1.165) is 11.1 Å². The number of hydrogen-bond acceptors (Lipinski definition) is 6. The number of halogens is 1. The SMILES string of the molecule is Cc1cc(C)cc(S(=O)(=O)NCCOc2ccc3nnc(-c4ccccc4Cl)n3n2)c1. The van der Waals surface area contributed by atoms with Crippen LogP contribution in [0.25, 0.3) is 17.0 Å². The Balaban J connectivity index is 1.45. The van der Waals surface area contributed by atoms with Gasteiger partial charge in [-0.2, -0.15) is 4.52 Å². The molecule has 0 aliphatic carbocycles. The van der Waals surface area contributed by atoms with E-state index in [1.165, 1.54) is 4.52 Å². The number of nitrogens with zero attached hydrogens (tertiary/aromatic N) is 4. The number of benzene rings is 2. The summed E-state index contributed by atoms with van der Waals surface area (Å²) in [5, 5.41) is 13.2. The molecule has 2 aromatic carbocycles. The maximum Gasteiger partial charge on any atom is 0.240 e. The zero-order valence-electron chi connectivity index (χ0n) is 16.9. The molecule has 0 amide bonds. The third-order valence-corrected chi connectivity index (χ3v) is 6.27. The Morgan fingerprint density at radius 1 is 1.03 bits per heavy atom. The van der Waals surface area contributed by atoms with Crippen molar-refractivity contribution in [1.29, 1.82) is 0 Å². The van der Waals surface area contributed by atoms with Crippen LogP contribution in [0.2, 0.25) is 5.02 Å². The van der Waals surface area contributed by atoms with Crippen molar-refractivity contribution in [3.63, 3.8) is 0 Å². The third kappa shape index (κ3) is 4.68. The first kappa shape index (κ1) is 21.2. The molecule has 0 saturated carbocycles. The predicted molar refractivity (Wildman–Crippen MR) is 118 cm³/mol. The van der Waals surface area contributed by atoms with E-state index in [1.54, 1.807) is 30.3 Å². The standard InChI is InChI=1S/C21H20ClN5O3S/c1-14-11-15(2)13-16(12-14)31(28,29)23-9-10-30-20-8-7-19-24-25-21(27(19)26-20)17-5-3-4-6-18(17)22/h3-8,11-13,23H,9-10H2,1-2H3. The van der Waals surface area contributed by atoms with Crippen molar-refractivity contribution < 1.29 is 13.2 Å². The van der Waals surface area contributed by atoms with Gasteiger partial charge in [-0.25, -0.2) is 13.1 Å². The number of hydrogen-bond donors (Lipinski definition) is 1. The van der Waals surface area contributed by atoms with Crippen molar-refractivity contribution >= 4 is 27.3 Å². The molecule has 8 nitrogen and oxygen atoms in total. The van der Waals surface area contributed by atoms with Crippen LogP contribution in [0, 0.1) is 13.8 Å². The lowest BCUT2D eigenvalue weighted by Gasteiger charge is -2.10. The molecule has 31 heavy (non-hydrogen) atoms. The Labute approximate surface area is 184 Å². The average Bonchev–Trinajstić information content (AvgIpc) is 3.14. The molecule has 160 valence electrons. The van der Waals surface area contributed by atoms with Gasteiger partial charge in [0.1, 0.15) is 6.61 Å². The molecule has 2 aromatic heterocycles. The second-order valence-electron chi connectivity index (χ2n) is 7.01. The summed E-state index contributed by atoms with van der Waals surface area (Å²) >= 11 is 6.27. The molecule has 10 heteroatoms. The smallest absolute Gasteiger partial charge is 0.240 e. The summed E-state index contributed by atoms with van der Waals surface area (Å²) in [6, 6.07) is 15.8. The van der Waals surface area contributed by atoms with Gasteiger partial charge in [-0.15, -0.1) is 15.3 Å². The molecule has 0 fully saturated rings. The first-order valence-corrected chi connectivity index (χ1v) is 11.4. The normalized spacial score (nSPS) is 11.7. The molecular weight excluding hydrogens is 438 g/mol. The van der Waals surface area contributed by atoms with Gasteiger partial charge in [-0.1, -0.05) is 29.8 Å². The van der Waals surface area contributed by atoms with Crippen LogP contribution in [0.1, 0.15) is 11.1 Å². The molecule has 0 aliphatic rings. The van der Waals surface area contributed by atoms with Gasteiger partial charge in [0.15, 0.2) is 11.5 Å². The topological polar surface area (TPSA) is 98.5 Å². The highest BCUT2D eigenvalue weighted by Crippen LogP contribution is 2.26. The lowest BCUT2D eigenvalue weighted by Crippen LogP contribution is -2.28. The Morgan fingerprint density at radius 3 is 2.52 bits per heavy atom. The van der Waals surface area contributed by atoms with E-state index in [0.29, 0.717) is 27.9 Å². The van der Waals surface area contributed by atoms with Gasteiger partial charge >= 0.3 is 0 Å². The highest BCUT2D eigenvalue weighted by molar-refractivity contribution is 7.89. The number of nitrogens with one attached hydrogen (secondary N) is 1. The number of sulfonamides is 1. The lowest BCUT2D eigenvalue weighted by atomic mass is 10.2. The number of aromatic nitrogens is 4. The minimum Gasteiger partial charge on any atom is -0.475 e. The fraction of sp³-hybridized carbons (Fsp3) is 0.190. The van der Waals surface area contributed by atoms with E-state index in [2.05, 4.69) is 20.0 Å². The first-order chi connectivity index (χ1) is 14.8. The van der Waals surface area contributed by atoms with Crippen LogP contribution in [0.4, 0.5) is 0 Å². The second-order valence-corrected chi connectivity index (χ2v) is 9.19. The maximum atomic E-state index is 12.5. The van der Waals surface area contributed by atoms with Crippen LogP contribution >= 0.6 is 11.6 Å². The van der Waals surface area contributed by atoms with Crippen LogP contribution in [-0.2, 0) is 10.0 Å². The molecular formula is C21H20ClN5O3S. The molecule has 0 atom stereocenters. The van der Waals surface area contributed by atoms with Crippen LogP contribution in [0.5, 0.6) is 5.88 Å². The summed E-state index contributed by atoms with van der Waals surface area (Å²) in [5.41, 5.74) is 3.01. The highest BCUT2D eigenvalue weighted by Gasteiger charge is 2.15. The molecule has 1 N–H and O–H groups in total. The fourth-order valence-corrected chi connectivity index (χ4v) is 4.58. The molecule has 2 heterocycles. The summed E-state index contributed by atoms with van der Waals surface area (Å²) in [7, 11) is -3.62. The largest absolute Gasteiger partial charge is 0.475 e. The van der Waals surface area contributed by atoms with Crippen LogP contribution in [0.15, 0.2) is 59.5 Å². The summed E-state index contributed by atoms with van der Waals surface area (Å²) in [6.45, 7) is 3.91. The average molecular weight is 458 g/mol. The number of aryl methyl sites for hydroxylation is 2. The van der Waals surface area contributed by atoms with Crippen molar-refractivity contribution in [3.05, 3.63) is 70.7 Å². The third-order valence-electron chi connectivity index (χ3n) is 4.50. The van der Waals surface area contributed by atoms with Crippen LogP contribution in [-0.4, -0.2) is 41.4 Å². The summed E-state index contributed by atoms with van der Waals surface area (Å²) in [6.07, 6.45) is 0. The molecule has 4 aromatic rings. The predicted octanol–water partition coefficient (Wildman–Crippen LogP) is 3.42. The van der Waals surface area contributed by atoms with Crippen molar-refractivity contribution in [3.8, 4) is 17.3 Å². The van der Waals surface area contributed by atoms with E-state index in [-0.39, 0.29) is 18.0 Å². The summed E-state index contributed by atoms with van der Waals surface area (Å²) in [5.74, 6) is 0.799. The lowest BCUT2D eigenvalue weighted by molar-refractivity contribution is 0.306. The fourth-order valence-electron chi connectivity index (χ4n) is 3.16. The molecule has 4 rings (SSSR count). The van der Waals surface area contributed by atoms with Crippen LogP contribution in [0.3, 0.4) is 0 Å². The quantitative estimate of drug-likeness (QED) is 0.427. The molecule has 0 unspecified atom stereocenters. The molecule has 0 spiro atoms. The van der Waals surface area contributed by atoms with Gasteiger partial charge in [0.25, 0.3) is 0 Å². The van der Waals surface area contributed by atoms with E-state index in [9.17, 15) is 8.42 Å². The van der Waals surface area contributed by atoms with E-state index in [4.69, 9.17) is 16.3 Å². The number of rotatable bonds is 7. The Morgan fingerprint density at radius 2 is 1.77 bits per heavy atom. The summed E-state index contributed by atoms with van der Waals surface area (Å²) in [4.78, 5) is 0.235. The zero-order chi connectivity index (χ0) is 22.0. The van der Waals surface area contributed by atoms with Crippen molar-refractivity contribution in [2.75, 3.05) is 13.2 Å². The highest BCUT2D eigenvalue weighted by atomic mass is 35.5. The van der Waals surface area contributed by atoms with Gasteiger partial charge < -0.3 is 4.74 Å². The Kier molecular flexibility index (Phi) is 5.90. The van der Waals surface area contributed by atoms with Gasteiger partial charge in [0, 0.05) is 18.2 Å². The number of fused-ring (bicyclic) bond motifs is 1. The van der Waals surface area contributed by atoms with Crippen LogP contribution < -0.4 is 9.46 Å². The minimum atomic E-state index is -3.62. The van der Waals surface area contributed by atoms with E-state index < -0.39 is 10.0 Å². The second kappa shape index (κ2) is 8.62. The zero-order valence-corrected chi connectivity index (χ0v) is 18.5. The molecule has 0 saturated heterocycles. The summed E-state index contributed by atoms with van der Waals surface area (Å²) < 4.78 is 34.7. The van der Waals surface area contributed by atoms with Crippen molar-refractivity contribution in [2.45, 2.75) is 18.7 Å². The van der Waals surface area contributed by atoms with E-state index >= 15 is 0 Å². The number of ether oxygens (including phenoxy) is 1. The Bertz CT molecular complexity index is 1330. The van der Waals surface area contributed by atoms with Gasteiger partial charge in [0.05, 0.1) is 9.92 Å². The van der Waals surface area contributed by atoms with Crippen molar-refractivity contribution in [1.82, 2.24) is 24.5 Å². The first-order valence-electron chi connectivity index (χ1n) is 9.52.